The number of nitrogens with zero attached hydrogens (tertiary/aromatic N) is 6. The van der Waals surface area contributed by atoms with Crippen LogP contribution >= 0.6 is 0 Å². The van der Waals surface area contributed by atoms with Gasteiger partial charge in [0.15, 0.2) is 5.69 Å². The minimum absolute atomic E-state index is 0.0300. The van der Waals surface area contributed by atoms with Crippen molar-refractivity contribution in [2.75, 3.05) is 12.3 Å². The molecular formula is C21H20N8O3. The van der Waals surface area contributed by atoms with Crippen molar-refractivity contribution in [3.05, 3.63) is 65.9 Å². The molecule has 0 aliphatic heterocycles. The molecule has 11 nitrogen and oxygen atoms in total. The van der Waals surface area contributed by atoms with Crippen LogP contribution in [-0.2, 0) is 0 Å². The molecule has 4 rings (SSSR count). The number of amides is 1. The lowest BCUT2D eigenvalue weighted by atomic mass is 10.1. The number of rotatable bonds is 7. The molecule has 0 fully saturated rings. The second-order valence-electron chi connectivity index (χ2n) is 6.63. The van der Waals surface area contributed by atoms with Crippen LogP contribution in [0.4, 0.5) is 5.82 Å². The molecule has 32 heavy (non-hydrogen) atoms. The van der Waals surface area contributed by atoms with Gasteiger partial charge >= 0.3 is 0 Å². The van der Waals surface area contributed by atoms with E-state index in [0.29, 0.717) is 23.6 Å². The summed E-state index contributed by atoms with van der Waals surface area (Å²) in [5, 5.41) is 19.7. The van der Waals surface area contributed by atoms with Crippen LogP contribution < -0.4 is 15.9 Å². The number of aromatic nitrogens is 5. The van der Waals surface area contributed by atoms with Gasteiger partial charge in [-0.05, 0) is 54.0 Å². The standard InChI is InChI=1S/C21H20N8O3/c1-3-31-16-11-9-14(10-12-16)13(2)23-25-21(30)18-17(15-7-5-4-6-8-15)24-28-29(18)20-19(22)26-32-27-20/h4-12H,3H2,1-2H3,(H2,22,26)(H,25,30)/b23-13+. The van der Waals surface area contributed by atoms with Crippen molar-refractivity contribution in [3.63, 3.8) is 0 Å². The van der Waals surface area contributed by atoms with Crippen molar-refractivity contribution < 1.29 is 14.2 Å². The number of anilines is 1. The fraction of sp³-hybridized carbons (Fsp3) is 0.143. The highest BCUT2D eigenvalue weighted by Crippen LogP contribution is 2.24. The molecule has 0 bridgehead atoms. The van der Waals surface area contributed by atoms with Gasteiger partial charge in [0.2, 0.25) is 11.6 Å². The number of ether oxygens (including phenoxy) is 1. The number of hydrazone groups is 1. The summed E-state index contributed by atoms with van der Waals surface area (Å²) in [6.07, 6.45) is 0. The van der Waals surface area contributed by atoms with Crippen molar-refractivity contribution in [1.29, 1.82) is 0 Å². The Labute approximate surface area is 182 Å². The van der Waals surface area contributed by atoms with E-state index in [-0.39, 0.29) is 17.3 Å². The van der Waals surface area contributed by atoms with Crippen LogP contribution in [0.3, 0.4) is 0 Å². The maximum atomic E-state index is 13.1. The molecule has 4 aromatic rings. The fourth-order valence-electron chi connectivity index (χ4n) is 2.97. The minimum Gasteiger partial charge on any atom is -0.494 e. The third-order valence-corrected chi connectivity index (χ3v) is 4.54. The Morgan fingerprint density at radius 1 is 1.16 bits per heavy atom. The average Bonchev–Trinajstić information content (AvgIpc) is 3.44. The maximum absolute atomic E-state index is 13.1. The zero-order chi connectivity index (χ0) is 22.5. The summed E-state index contributed by atoms with van der Waals surface area (Å²) in [5.41, 5.74) is 10.9. The van der Waals surface area contributed by atoms with Gasteiger partial charge in [-0.1, -0.05) is 35.5 Å². The summed E-state index contributed by atoms with van der Waals surface area (Å²) in [6.45, 7) is 4.28. The Bertz CT molecular complexity index is 1250. The molecule has 0 aliphatic carbocycles. The molecular weight excluding hydrogens is 412 g/mol. The first kappa shape index (κ1) is 20.7. The highest BCUT2D eigenvalue weighted by Gasteiger charge is 2.26. The maximum Gasteiger partial charge on any atom is 0.292 e. The predicted molar refractivity (Wildman–Crippen MR) is 116 cm³/mol. The summed E-state index contributed by atoms with van der Waals surface area (Å²) < 4.78 is 11.3. The first-order valence-corrected chi connectivity index (χ1v) is 9.76. The van der Waals surface area contributed by atoms with E-state index in [1.807, 2.05) is 61.5 Å². The number of hydrogen-bond acceptors (Lipinski definition) is 9. The average molecular weight is 432 g/mol. The molecule has 3 N–H and O–H groups in total. The van der Waals surface area contributed by atoms with E-state index >= 15 is 0 Å². The first-order valence-electron chi connectivity index (χ1n) is 9.76. The van der Waals surface area contributed by atoms with Gasteiger partial charge in [-0.25, -0.2) is 10.1 Å². The van der Waals surface area contributed by atoms with Gasteiger partial charge in [0, 0.05) is 5.56 Å². The molecule has 2 heterocycles. The molecule has 0 unspecified atom stereocenters. The smallest absolute Gasteiger partial charge is 0.292 e. The van der Waals surface area contributed by atoms with Crippen LogP contribution in [0.1, 0.15) is 29.9 Å². The molecule has 0 saturated carbocycles. The summed E-state index contributed by atoms with van der Waals surface area (Å²) in [4.78, 5) is 13.1. The van der Waals surface area contributed by atoms with Crippen molar-refractivity contribution in [2.24, 2.45) is 5.10 Å². The molecule has 1 amide bonds. The Morgan fingerprint density at radius 3 is 2.56 bits per heavy atom. The number of hydrogen-bond donors (Lipinski definition) is 2. The Hall–Kier alpha value is -4.54. The summed E-state index contributed by atoms with van der Waals surface area (Å²) >= 11 is 0. The lowest BCUT2D eigenvalue weighted by Crippen LogP contribution is -2.23. The third kappa shape index (κ3) is 4.17. The lowest BCUT2D eigenvalue weighted by Gasteiger charge is -2.07. The van der Waals surface area contributed by atoms with E-state index in [1.54, 1.807) is 6.92 Å². The van der Waals surface area contributed by atoms with Crippen LogP contribution in [0.5, 0.6) is 5.75 Å². The van der Waals surface area contributed by atoms with Crippen LogP contribution in [0.15, 0.2) is 64.3 Å². The Kier molecular flexibility index (Phi) is 5.88. The summed E-state index contributed by atoms with van der Waals surface area (Å²) in [6, 6.07) is 16.5. The third-order valence-electron chi connectivity index (χ3n) is 4.54. The number of nitrogens with one attached hydrogen (secondary N) is 1. The van der Waals surface area contributed by atoms with E-state index in [1.165, 1.54) is 4.68 Å². The summed E-state index contributed by atoms with van der Waals surface area (Å²) in [7, 11) is 0. The quantitative estimate of drug-likeness (QED) is 0.334. The second-order valence-corrected chi connectivity index (χ2v) is 6.63. The largest absolute Gasteiger partial charge is 0.494 e. The van der Waals surface area contributed by atoms with Gasteiger partial charge in [-0.15, -0.1) is 5.10 Å². The number of nitrogens with two attached hydrogens (primary N) is 1. The molecule has 2 aromatic heterocycles. The van der Waals surface area contributed by atoms with Crippen LogP contribution in [-0.4, -0.2) is 43.5 Å². The highest BCUT2D eigenvalue weighted by atomic mass is 16.6. The molecule has 0 aliphatic rings. The van der Waals surface area contributed by atoms with E-state index in [0.717, 1.165) is 11.3 Å². The Morgan fingerprint density at radius 2 is 1.91 bits per heavy atom. The number of benzene rings is 2. The number of nitrogen functional groups attached to an aromatic ring is 1. The van der Waals surface area contributed by atoms with Gasteiger partial charge in [-0.2, -0.15) is 9.78 Å². The molecule has 11 heteroatoms. The topological polar surface area (TPSA) is 146 Å². The van der Waals surface area contributed by atoms with Crippen molar-refractivity contribution in [2.45, 2.75) is 13.8 Å². The zero-order valence-electron chi connectivity index (χ0n) is 17.4. The van der Waals surface area contributed by atoms with Gasteiger partial charge in [0.1, 0.15) is 11.4 Å². The Balaban J connectivity index is 1.65. The van der Waals surface area contributed by atoms with Crippen LogP contribution in [0.25, 0.3) is 17.1 Å². The van der Waals surface area contributed by atoms with Gasteiger partial charge in [0.25, 0.3) is 5.91 Å². The fourth-order valence-corrected chi connectivity index (χ4v) is 2.97. The van der Waals surface area contributed by atoms with Gasteiger partial charge in [-0.3, -0.25) is 4.79 Å². The molecule has 0 spiro atoms. The molecule has 162 valence electrons. The van der Waals surface area contributed by atoms with E-state index < -0.39 is 5.91 Å². The normalized spacial score (nSPS) is 11.4. The molecule has 0 radical (unpaired) electrons. The summed E-state index contributed by atoms with van der Waals surface area (Å²) in [5.74, 6) is 0.227. The zero-order valence-corrected chi connectivity index (χ0v) is 17.4. The SMILES string of the molecule is CCOc1ccc(/C(C)=N/NC(=O)c2c(-c3ccccc3)nnn2-c2nonc2N)cc1. The monoisotopic (exact) mass is 432 g/mol. The van der Waals surface area contributed by atoms with Crippen molar-refractivity contribution in [1.82, 2.24) is 30.7 Å². The van der Waals surface area contributed by atoms with Gasteiger partial charge in [0.05, 0.1) is 12.3 Å². The predicted octanol–water partition coefficient (Wildman–Crippen LogP) is 2.45. The highest BCUT2D eigenvalue weighted by molar-refractivity contribution is 6.02. The van der Waals surface area contributed by atoms with Crippen molar-refractivity contribution in [3.8, 4) is 22.8 Å². The van der Waals surface area contributed by atoms with Crippen LogP contribution in [0, 0.1) is 0 Å². The van der Waals surface area contributed by atoms with E-state index in [2.05, 4.69) is 35.8 Å². The molecule has 0 saturated heterocycles. The minimum atomic E-state index is -0.554. The molecule has 2 aromatic carbocycles. The van der Waals surface area contributed by atoms with Crippen LogP contribution in [0.2, 0.25) is 0 Å². The van der Waals surface area contributed by atoms with E-state index in [4.69, 9.17) is 10.5 Å². The first-order chi connectivity index (χ1) is 15.6. The van der Waals surface area contributed by atoms with E-state index in [9.17, 15) is 4.79 Å². The number of carbonyl (C=O) groups is 1. The second kappa shape index (κ2) is 9.08. The number of carbonyl (C=O) groups excluding carboxylic acids is 1. The molecule has 0 atom stereocenters. The van der Waals surface area contributed by atoms with Crippen molar-refractivity contribution >= 4 is 17.4 Å². The lowest BCUT2D eigenvalue weighted by molar-refractivity contribution is 0.0947. The van der Waals surface area contributed by atoms with Gasteiger partial charge < -0.3 is 10.5 Å².